The summed E-state index contributed by atoms with van der Waals surface area (Å²) in [5, 5.41) is 4.31. The Morgan fingerprint density at radius 3 is 0.781 bits per heavy atom. The standard InChI is InChI=1S/C97H66F2N6/c98-69-39-43-79(44-40-69)104-93-37-21-19-35-87(93)89-63-81(57-61-95(89)104)102(77-51-47-75(48-52-77)100(71-27-11-3-12-28-71)72-29-13-4-14-30-72)83-55-59-85-86-60-56-84(66-92(86)97(91(85)65-83,67-23-7-1-8-24-67)68-25-9-2-10-26-68)103(78-53-49-76(50-54-78)101(73-31-15-5-16-32-73)74-33-17-6-18-34-74)82-58-62-96-90(64-82)88-36-20-22-38-94(88)105(96)80-45-41-70(99)42-46-80/h1-66H. The monoisotopic (exact) mass is 1350 g/mol. The Morgan fingerprint density at radius 1 is 0.200 bits per heavy atom. The molecule has 0 radical (unpaired) electrons. The number of aromatic nitrogens is 2. The lowest BCUT2D eigenvalue weighted by atomic mass is 9.67. The number of nitrogens with zero attached hydrogens (tertiary/aromatic N) is 6. The second-order valence-electron chi connectivity index (χ2n) is 26.7. The molecular weight excluding hydrogens is 1290 g/mol. The highest BCUT2D eigenvalue weighted by Gasteiger charge is 2.47. The van der Waals surface area contributed by atoms with Crippen molar-refractivity contribution in [2.24, 2.45) is 0 Å². The van der Waals surface area contributed by atoms with Gasteiger partial charge in [-0.2, -0.15) is 0 Å². The molecule has 0 saturated carbocycles. The summed E-state index contributed by atoms with van der Waals surface area (Å²) in [6, 6.07) is 140. The van der Waals surface area contributed by atoms with Crippen LogP contribution in [-0.4, -0.2) is 9.13 Å². The average Bonchev–Trinajstić information content (AvgIpc) is 1.54. The van der Waals surface area contributed by atoms with E-state index in [4.69, 9.17) is 0 Å². The van der Waals surface area contributed by atoms with Gasteiger partial charge in [0.05, 0.1) is 27.5 Å². The van der Waals surface area contributed by atoms with Crippen LogP contribution in [0.4, 0.5) is 77.0 Å². The molecule has 2 aromatic heterocycles. The lowest BCUT2D eigenvalue weighted by Gasteiger charge is -2.36. The first-order valence-corrected chi connectivity index (χ1v) is 35.5. The van der Waals surface area contributed by atoms with Gasteiger partial charge < -0.3 is 28.7 Å². The SMILES string of the molecule is Fc1ccc(-n2c3ccccc3c3cc(N(c4ccc(N(c5ccccc5)c5ccccc5)cc4)c4ccc5c(c4)C(c4ccccc4)(c4ccccc4)c4cc(N(c6ccc(N(c7ccccc7)c7ccccc7)cc6)c6ccc7c(c6)c6ccccc6n7-c6ccc(F)cc6)ccc4-5)ccc32)cc1. The zero-order chi connectivity index (χ0) is 70.0. The number of halogens is 2. The summed E-state index contributed by atoms with van der Waals surface area (Å²) in [4.78, 5) is 9.41. The van der Waals surface area contributed by atoms with Crippen molar-refractivity contribution in [1.29, 1.82) is 0 Å². The van der Waals surface area contributed by atoms with Gasteiger partial charge in [-0.1, -0.05) is 182 Å². The normalized spacial score (nSPS) is 12.2. The van der Waals surface area contributed by atoms with Gasteiger partial charge in [0.15, 0.2) is 0 Å². The van der Waals surface area contributed by atoms with Gasteiger partial charge in [0, 0.05) is 101 Å². The minimum absolute atomic E-state index is 0.279. The van der Waals surface area contributed by atoms with Crippen molar-refractivity contribution in [3.63, 3.8) is 0 Å². The van der Waals surface area contributed by atoms with Crippen LogP contribution < -0.4 is 19.6 Å². The van der Waals surface area contributed by atoms with Crippen molar-refractivity contribution in [2.45, 2.75) is 5.41 Å². The predicted octanol–water partition coefficient (Wildman–Crippen LogP) is 26.4. The molecule has 0 aliphatic heterocycles. The Hall–Kier alpha value is -13.8. The van der Waals surface area contributed by atoms with E-state index in [0.717, 1.165) is 157 Å². The smallest absolute Gasteiger partial charge is 0.123 e. The van der Waals surface area contributed by atoms with Crippen LogP contribution in [0.25, 0.3) is 66.1 Å². The van der Waals surface area contributed by atoms with E-state index < -0.39 is 5.41 Å². The van der Waals surface area contributed by atoms with E-state index in [1.54, 1.807) is 0 Å². The molecule has 0 N–H and O–H groups in total. The second kappa shape index (κ2) is 26.0. The Kier molecular flexibility index (Phi) is 15.4. The molecule has 0 fully saturated rings. The van der Waals surface area contributed by atoms with Gasteiger partial charge in [0.2, 0.25) is 0 Å². The Labute approximate surface area is 607 Å². The van der Waals surface area contributed by atoms with Crippen LogP contribution in [-0.2, 0) is 5.41 Å². The number of anilines is 12. The van der Waals surface area contributed by atoms with Crippen LogP contribution in [0.1, 0.15) is 22.3 Å². The van der Waals surface area contributed by atoms with Crippen molar-refractivity contribution in [3.8, 4) is 22.5 Å². The summed E-state index contributed by atoms with van der Waals surface area (Å²) in [5.74, 6) is -0.557. The van der Waals surface area contributed by atoms with E-state index in [-0.39, 0.29) is 11.6 Å². The number of fused-ring (bicyclic) bond motifs is 9. The largest absolute Gasteiger partial charge is 0.311 e. The molecule has 16 aromatic carbocycles. The minimum atomic E-state index is -0.860. The minimum Gasteiger partial charge on any atom is -0.311 e. The summed E-state index contributed by atoms with van der Waals surface area (Å²) in [6.07, 6.45) is 0. The van der Waals surface area contributed by atoms with Crippen molar-refractivity contribution in [3.05, 3.63) is 434 Å². The van der Waals surface area contributed by atoms with Crippen molar-refractivity contribution >= 4 is 112 Å². The molecule has 0 unspecified atom stereocenters. The molecule has 19 rings (SSSR count). The number of hydrogen-bond acceptors (Lipinski definition) is 4. The maximum absolute atomic E-state index is 14.7. The van der Waals surface area contributed by atoms with Crippen LogP contribution in [0.2, 0.25) is 0 Å². The van der Waals surface area contributed by atoms with E-state index in [1.807, 2.05) is 24.3 Å². The molecule has 0 saturated heterocycles. The summed E-state index contributed by atoms with van der Waals surface area (Å²) in [7, 11) is 0. The van der Waals surface area contributed by atoms with Gasteiger partial charge in [-0.05, 0) is 252 Å². The highest BCUT2D eigenvalue weighted by atomic mass is 19.1. The lowest BCUT2D eigenvalue weighted by Crippen LogP contribution is -2.29. The summed E-state index contributed by atoms with van der Waals surface area (Å²) < 4.78 is 33.8. The first kappa shape index (κ1) is 62.2. The van der Waals surface area contributed by atoms with Gasteiger partial charge in [0.25, 0.3) is 0 Å². The molecule has 0 amide bonds. The first-order chi connectivity index (χ1) is 51.9. The Bertz CT molecular complexity index is 5750. The molecule has 0 bridgehead atoms. The number of hydrogen-bond donors (Lipinski definition) is 0. The molecule has 0 atom stereocenters. The van der Waals surface area contributed by atoms with Crippen LogP contribution >= 0.6 is 0 Å². The third kappa shape index (κ3) is 10.7. The molecule has 6 nitrogen and oxygen atoms in total. The van der Waals surface area contributed by atoms with Crippen LogP contribution in [0.3, 0.4) is 0 Å². The molecule has 1 aliphatic carbocycles. The summed E-state index contributed by atoms with van der Waals surface area (Å²) in [5.41, 5.74) is 23.9. The van der Waals surface area contributed by atoms with Gasteiger partial charge in [-0.15, -0.1) is 0 Å². The van der Waals surface area contributed by atoms with Crippen molar-refractivity contribution < 1.29 is 8.78 Å². The maximum Gasteiger partial charge on any atom is 0.123 e. The molecule has 2 heterocycles. The lowest BCUT2D eigenvalue weighted by molar-refractivity contribution is 0.627. The molecule has 498 valence electrons. The number of para-hydroxylation sites is 6. The number of benzene rings is 16. The van der Waals surface area contributed by atoms with Gasteiger partial charge in [0.1, 0.15) is 11.6 Å². The third-order valence-electron chi connectivity index (χ3n) is 20.8. The quantitative estimate of drug-likeness (QED) is 0.0962. The first-order valence-electron chi connectivity index (χ1n) is 35.5. The molecular formula is C97H66F2N6. The van der Waals surface area contributed by atoms with Crippen LogP contribution in [0.15, 0.2) is 400 Å². The highest BCUT2D eigenvalue weighted by molar-refractivity contribution is 6.12. The zero-order valence-electron chi connectivity index (χ0n) is 57.0. The van der Waals surface area contributed by atoms with E-state index in [9.17, 15) is 8.78 Å². The van der Waals surface area contributed by atoms with E-state index in [0.29, 0.717) is 0 Å². The summed E-state index contributed by atoms with van der Waals surface area (Å²) >= 11 is 0. The topological polar surface area (TPSA) is 22.8 Å². The predicted molar refractivity (Wildman–Crippen MR) is 431 cm³/mol. The fourth-order valence-electron chi connectivity index (χ4n) is 16.3. The highest BCUT2D eigenvalue weighted by Crippen LogP contribution is 2.59. The van der Waals surface area contributed by atoms with E-state index >= 15 is 0 Å². The zero-order valence-corrected chi connectivity index (χ0v) is 57.0. The maximum atomic E-state index is 14.7. The second-order valence-corrected chi connectivity index (χ2v) is 26.7. The molecule has 18 aromatic rings. The molecule has 0 spiro atoms. The summed E-state index contributed by atoms with van der Waals surface area (Å²) in [6.45, 7) is 0. The fraction of sp³-hybridized carbons (Fsp3) is 0.0103. The van der Waals surface area contributed by atoms with E-state index in [1.165, 1.54) is 24.3 Å². The Morgan fingerprint density at radius 2 is 0.448 bits per heavy atom. The van der Waals surface area contributed by atoms with Gasteiger partial charge in [-0.3, -0.25) is 0 Å². The molecule has 8 heteroatoms. The molecule has 105 heavy (non-hydrogen) atoms. The van der Waals surface area contributed by atoms with Crippen molar-refractivity contribution in [2.75, 3.05) is 19.6 Å². The van der Waals surface area contributed by atoms with E-state index in [2.05, 4.69) is 381 Å². The van der Waals surface area contributed by atoms with Gasteiger partial charge >= 0.3 is 0 Å². The van der Waals surface area contributed by atoms with Crippen molar-refractivity contribution in [1.82, 2.24) is 9.13 Å². The average molecular weight is 1350 g/mol. The molecule has 1 aliphatic rings. The van der Waals surface area contributed by atoms with Crippen LogP contribution in [0.5, 0.6) is 0 Å². The number of rotatable bonds is 16. The van der Waals surface area contributed by atoms with Gasteiger partial charge in [-0.25, -0.2) is 8.78 Å². The van der Waals surface area contributed by atoms with Crippen LogP contribution in [0, 0.1) is 11.6 Å². The Balaban J connectivity index is 0.821. The fourth-order valence-corrected chi connectivity index (χ4v) is 16.3. The third-order valence-corrected chi connectivity index (χ3v) is 20.8.